The van der Waals surface area contributed by atoms with Gasteiger partial charge >= 0.3 is 0 Å². The van der Waals surface area contributed by atoms with E-state index in [9.17, 15) is 17.2 Å². The Morgan fingerprint density at radius 3 is 2.53 bits per heavy atom. The van der Waals surface area contributed by atoms with Crippen molar-refractivity contribution in [1.82, 2.24) is 0 Å². The molecule has 1 rings (SSSR count). The third-order valence-corrected chi connectivity index (χ3v) is 2.80. The summed E-state index contributed by atoms with van der Waals surface area (Å²) in [4.78, 5) is -0.747. The van der Waals surface area contributed by atoms with Gasteiger partial charge in [-0.15, -0.1) is 0 Å². The van der Waals surface area contributed by atoms with E-state index < -0.39 is 32.3 Å². The maximum atomic E-state index is 13.4. The molecule has 0 aromatic heterocycles. The summed E-state index contributed by atoms with van der Waals surface area (Å²) in [6.45, 7) is 3.25. The SMILES string of the molecule is C=C(Br)COc1c(F)cc(F)cc1S(N)(=O)=O. The second-order valence-electron chi connectivity index (χ2n) is 3.07. The van der Waals surface area contributed by atoms with Gasteiger partial charge in [-0.3, -0.25) is 0 Å². The first kappa shape index (κ1) is 14.1. The smallest absolute Gasteiger partial charge is 0.241 e. The highest BCUT2D eigenvalue weighted by Crippen LogP contribution is 2.28. The number of rotatable bonds is 4. The van der Waals surface area contributed by atoms with Gasteiger partial charge in [-0.25, -0.2) is 22.3 Å². The monoisotopic (exact) mass is 327 g/mol. The molecule has 0 spiro atoms. The van der Waals surface area contributed by atoms with E-state index in [2.05, 4.69) is 22.5 Å². The van der Waals surface area contributed by atoms with E-state index in [4.69, 9.17) is 9.88 Å². The third-order valence-electron chi connectivity index (χ3n) is 1.65. The van der Waals surface area contributed by atoms with Crippen molar-refractivity contribution in [2.45, 2.75) is 4.90 Å². The zero-order chi connectivity index (χ0) is 13.2. The lowest BCUT2D eigenvalue weighted by Crippen LogP contribution is -2.15. The van der Waals surface area contributed by atoms with Crippen LogP contribution in [-0.2, 0) is 10.0 Å². The lowest BCUT2D eigenvalue weighted by atomic mass is 10.3. The molecule has 0 bridgehead atoms. The molecule has 0 aliphatic rings. The predicted molar refractivity (Wildman–Crippen MR) is 61.3 cm³/mol. The minimum absolute atomic E-state index is 0.176. The molecular weight excluding hydrogens is 320 g/mol. The fourth-order valence-corrected chi connectivity index (χ4v) is 1.84. The van der Waals surface area contributed by atoms with Crippen molar-refractivity contribution in [3.63, 3.8) is 0 Å². The number of hydrogen-bond donors (Lipinski definition) is 1. The van der Waals surface area contributed by atoms with Crippen LogP contribution in [0, 0.1) is 11.6 Å². The van der Waals surface area contributed by atoms with E-state index in [1.165, 1.54) is 0 Å². The molecule has 4 nitrogen and oxygen atoms in total. The first-order chi connectivity index (χ1) is 7.71. The van der Waals surface area contributed by atoms with Gasteiger partial charge < -0.3 is 4.74 Å². The zero-order valence-electron chi connectivity index (χ0n) is 8.41. The van der Waals surface area contributed by atoms with Crippen molar-refractivity contribution >= 4 is 26.0 Å². The van der Waals surface area contributed by atoms with Gasteiger partial charge in [0.25, 0.3) is 0 Å². The Kier molecular flexibility index (Phi) is 4.23. The summed E-state index contributed by atoms with van der Waals surface area (Å²) in [6, 6.07) is 1.09. The molecule has 1 aromatic carbocycles. The van der Waals surface area contributed by atoms with E-state index in [0.717, 1.165) is 0 Å². The Balaban J connectivity index is 3.31. The first-order valence-corrected chi connectivity index (χ1v) is 6.53. The van der Waals surface area contributed by atoms with E-state index in [0.29, 0.717) is 16.6 Å². The molecule has 1 aromatic rings. The molecule has 94 valence electrons. The topological polar surface area (TPSA) is 69.4 Å². The summed E-state index contributed by atoms with van der Waals surface area (Å²) in [6.07, 6.45) is 0. The summed E-state index contributed by atoms with van der Waals surface area (Å²) in [7, 11) is -4.28. The van der Waals surface area contributed by atoms with Crippen LogP contribution in [0.3, 0.4) is 0 Å². The van der Waals surface area contributed by atoms with Gasteiger partial charge in [0.15, 0.2) is 11.6 Å². The summed E-state index contributed by atoms with van der Waals surface area (Å²) >= 11 is 2.95. The fourth-order valence-electron chi connectivity index (χ4n) is 1.04. The average Bonchev–Trinajstić information content (AvgIpc) is 2.13. The lowest BCUT2D eigenvalue weighted by molar-refractivity contribution is 0.327. The molecule has 0 atom stereocenters. The van der Waals surface area contributed by atoms with E-state index in [1.54, 1.807) is 0 Å². The second-order valence-corrected chi connectivity index (χ2v) is 5.72. The maximum Gasteiger partial charge on any atom is 0.241 e. The second kappa shape index (κ2) is 5.11. The molecule has 2 N–H and O–H groups in total. The standard InChI is InChI=1S/C9H8BrF2NO3S/c1-5(10)4-16-9-7(12)2-6(11)3-8(9)17(13,14)15/h2-3H,1,4H2,(H2,13,14,15). The van der Waals surface area contributed by atoms with Crippen molar-refractivity contribution in [3.8, 4) is 5.75 Å². The number of hydrogen-bond acceptors (Lipinski definition) is 3. The van der Waals surface area contributed by atoms with Crippen LogP contribution in [0.2, 0.25) is 0 Å². The van der Waals surface area contributed by atoms with Crippen molar-refractivity contribution in [1.29, 1.82) is 0 Å². The lowest BCUT2D eigenvalue weighted by Gasteiger charge is -2.10. The molecule has 8 heteroatoms. The number of nitrogens with two attached hydrogens (primary N) is 1. The minimum atomic E-state index is -4.28. The molecule has 0 radical (unpaired) electrons. The molecular formula is C9H8BrF2NO3S. The van der Waals surface area contributed by atoms with Gasteiger partial charge in [0.05, 0.1) is 0 Å². The number of sulfonamides is 1. The quantitative estimate of drug-likeness (QED) is 0.918. The number of primary sulfonamides is 1. The Hall–Kier alpha value is -0.990. The molecule has 0 heterocycles. The third kappa shape index (κ3) is 3.76. The van der Waals surface area contributed by atoms with Crippen molar-refractivity contribution < 1.29 is 21.9 Å². The molecule has 0 aliphatic carbocycles. The normalized spacial score (nSPS) is 11.3. The van der Waals surface area contributed by atoms with E-state index in [-0.39, 0.29) is 6.61 Å². The fraction of sp³-hybridized carbons (Fsp3) is 0.111. The van der Waals surface area contributed by atoms with Gasteiger partial charge in [0.1, 0.15) is 17.3 Å². The molecule has 0 amide bonds. The number of benzene rings is 1. The molecule has 0 aliphatic heterocycles. The summed E-state index contributed by atoms with van der Waals surface area (Å²) in [5.74, 6) is -2.84. The largest absolute Gasteiger partial charge is 0.484 e. The molecule has 0 unspecified atom stereocenters. The molecule has 0 fully saturated rings. The Morgan fingerprint density at radius 2 is 2.06 bits per heavy atom. The van der Waals surface area contributed by atoms with Gasteiger partial charge in [0.2, 0.25) is 10.0 Å². The van der Waals surface area contributed by atoms with Crippen molar-refractivity contribution in [2.24, 2.45) is 5.14 Å². The van der Waals surface area contributed by atoms with Gasteiger partial charge in [-0.2, -0.15) is 0 Å². The van der Waals surface area contributed by atoms with Gasteiger partial charge in [-0.1, -0.05) is 22.5 Å². The van der Waals surface area contributed by atoms with Crippen LogP contribution in [0.5, 0.6) is 5.75 Å². The highest BCUT2D eigenvalue weighted by Gasteiger charge is 2.21. The van der Waals surface area contributed by atoms with Crippen LogP contribution < -0.4 is 9.88 Å². The summed E-state index contributed by atoms with van der Waals surface area (Å²) < 4.78 is 53.7. The van der Waals surface area contributed by atoms with E-state index in [1.807, 2.05) is 0 Å². The van der Waals surface area contributed by atoms with Gasteiger partial charge in [0, 0.05) is 10.5 Å². The summed E-state index contributed by atoms with van der Waals surface area (Å²) in [5, 5.41) is 4.83. The van der Waals surface area contributed by atoms with Gasteiger partial charge in [-0.05, 0) is 6.07 Å². The van der Waals surface area contributed by atoms with Crippen molar-refractivity contribution in [3.05, 3.63) is 34.8 Å². The van der Waals surface area contributed by atoms with Crippen LogP contribution >= 0.6 is 15.9 Å². The molecule has 17 heavy (non-hydrogen) atoms. The minimum Gasteiger partial charge on any atom is -0.484 e. The zero-order valence-corrected chi connectivity index (χ0v) is 10.8. The van der Waals surface area contributed by atoms with Crippen LogP contribution in [0.15, 0.2) is 28.1 Å². The van der Waals surface area contributed by atoms with Crippen LogP contribution in [-0.4, -0.2) is 15.0 Å². The molecule has 0 saturated carbocycles. The van der Waals surface area contributed by atoms with Crippen LogP contribution in [0.4, 0.5) is 8.78 Å². The number of halogens is 3. The van der Waals surface area contributed by atoms with Crippen LogP contribution in [0.1, 0.15) is 0 Å². The molecule has 0 saturated heterocycles. The average molecular weight is 328 g/mol. The highest BCUT2D eigenvalue weighted by molar-refractivity contribution is 9.11. The van der Waals surface area contributed by atoms with Crippen LogP contribution in [0.25, 0.3) is 0 Å². The Bertz CT molecular complexity index is 560. The summed E-state index contributed by atoms with van der Waals surface area (Å²) in [5.41, 5.74) is 0. The first-order valence-electron chi connectivity index (χ1n) is 4.19. The Labute approximate surface area is 105 Å². The maximum absolute atomic E-state index is 13.4. The highest BCUT2D eigenvalue weighted by atomic mass is 79.9. The van der Waals surface area contributed by atoms with Crippen molar-refractivity contribution in [2.75, 3.05) is 6.61 Å². The number of ether oxygens (including phenoxy) is 1. The van der Waals surface area contributed by atoms with E-state index >= 15 is 0 Å². The Morgan fingerprint density at radius 1 is 1.47 bits per heavy atom. The predicted octanol–water partition coefficient (Wildman–Crippen LogP) is 1.90.